The van der Waals surface area contributed by atoms with Crippen molar-refractivity contribution in [1.82, 2.24) is 14.7 Å². The zero-order valence-electron chi connectivity index (χ0n) is 11.9. The van der Waals surface area contributed by atoms with E-state index in [9.17, 15) is 9.90 Å². The summed E-state index contributed by atoms with van der Waals surface area (Å²) in [5, 5.41) is 12.9. The molecule has 2 N–H and O–H groups in total. The number of hydrogen-bond acceptors (Lipinski definition) is 5. The molecule has 0 saturated carbocycles. The van der Waals surface area contributed by atoms with E-state index in [0.29, 0.717) is 11.5 Å². The highest BCUT2D eigenvalue weighted by atomic mass is 32.2. The Bertz CT molecular complexity index is 783. The fourth-order valence-electron chi connectivity index (χ4n) is 2.24. The maximum atomic E-state index is 12.5. The monoisotopic (exact) mass is 317 g/mol. The third-order valence-electron chi connectivity index (χ3n) is 3.29. The van der Waals surface area contributed by atoms with Gasteiger partial charge in [-0.05, 0) is 30.5 Å². The van der Waals surface area contributed by atoms with Gasteiger partial charge in [-0.3, -0.25) is 9.20 Å². The number of pyridine rings is 1. The molecular weight excluding hydrogens is 302 g/mol. The molecule has 1 amide bonds. The van der Waals surface area contributed by atoms with Gasteiger partial charge in [-0.15, -0.1) is 0 Å². The van der Waals surface area contributed by atoms with Gasteiger partial charge in [-0.1, -0.05) is 17.8 Å². The quantitative estimate of drug-likeness (QED) is 0.705. The lowest BCUT2D eigenvalue weighted by Crippen LogP contribution is -2.30. The molecule has 3 heterocycles. The van der Waals surface area contributed by atoms with E-state index in [0.717, 1.165) is 10.7 Å². The summed E-state index contributed by atoms with van der Waals surface area (Å²) in [4.78, 5) is 16.9. The number of amides is 1. The van der Waals surface area contributed by atoms with Gasteiger partial charge in [0.15, 0.2) is 10.9 Å². The summed E-state index contributed by atoms with van der Waals surface area (Å²) in [6.07, 6.45) is 5.27. The van der Waals surface area contributed by atoms with Gasteiger partial charge >= 0.3 is 0 Å². The van der Waals surface area contributed by atoms with E-state index in [-0.39, 0.29) is 12.5 Å². The summed E-state index contributed by atoms with van der Waals surface area (Å²) in [5.41, 5.74) is 1.05. The van der Waals surface area contributed by atoms with Crippen LogP contribution >= 0.6 is 11.8 Å². The van der Waals surface area contributed by atoms with Crippen LogP contribution in [0.5, 0.6) is 0 Å². The Labute approximate surface area is 131 Å². The first-order chi connectivity index (χ1) is 10.7. The number of imidazole rings is 1. The minimum Gasteiger partial charge on any atom is -0.467 e. The number of furan rings is 1. The van der Waals surface area contributed by atoms with E-state index in [1.165, 1.54) is 18.0 Å². The Balaban J connectivity index is 1.92. The van der Waals surface area contributed by atoms with E-state index < -0.39 is 6.04 Å². The lowest BCUT2D eigenvalue weighted by Gasteiger charge is -2.12. The topological polar surface area (TPSA) is 79.8 Å². The molecule has 1 unspecified atom stereocenters. The number of fused-ring (bicyclic) bond motifs is 1. The number of aliphatic hydroxyl groups excluding tert-OH is 1. The molecule has 3 aromatic rings. The maximum absolute atomic E-state index is 12.5. The van der Waals surface area contributed by atoms with Gasteiger partial charge in [0.05, 0.1) is 18.4 Å². The fourth-order valence-corrected chi connectivity index (χ4v) is 2.78. The van der Waals surface area contributed by atoms with Crippen LogP contribution in [-0.2, 0) is 0 Å². The highest BCUT2D eigenvalue weighted by Gasteiger charge is 2.21. The lowest BCUT2D eigenvalue weighted by molar-refractivity contribution is 0.0904. The molecule has 7 heteroatoms. The summed E-state index contributed by atoms with van der Waals surface area (Å²) < 4.78 is 7.09. The molecule has 0 bridgehead atoms. The van der Waals surface area contributed by atoms with Crippen molar-refractivity contribution >= 4 is 23.2 Å². The SMILES string of the molecule is CSc1nc(C(=O)NC(CO)c2ccco2)c2ccccn12. The van der Waals surface area contributed by atoms with Gasteiger partial charge in [0.1, 0.15) is 11.8 Å². The number of aromatic nitrogens is 2. The van der Waals surface area contributed by atoms with Crippen molar-refractivity contribution in [3.8, 4) is 0 Å². The van der Waals surface area contributed by atoms with Gasteiger partial charge in [0.2, 0.25) is 0 Å². The normalized spacial score (nSPS) is 12.5. The molecule has 3 aromatic heterocycles. The van der Waals surface area contributed by atoms with Crippen LogP contribution in [0.25, 0.3) is 5.52 Å². The molecule has 22 heavy (non-hydrogen) atoms. The van der Waals surface area contributed by atoms with Gasteiger partial charge in [0, 0.05) is 6.20 Å². The number of nitrogens with zero attached hydrogens (tertiary/aromatic N) is 2. The van der Waals surface area contributed by atoms with Crippen LogP contribution in [0, 0.1) is 0 Å². The molecule has 0 fully saturated rings. The van der Waals surface area contributed by atoms with E-state index >= 15 is 0 Å². The summed E-state index contributed by atoms with van der Waals surface area (Å²) >= 11 is 1.46. The number of carbonyl (C=O) groups excluding carboxylic acids is 1. The number of aliphatic hydroxyl groups is 1. The molecule has 1 atom stereocenters. The van der Waals surface area contributed by atoms with Gasteiger partial charge in [-0.25, -0.2) is 4.98 Å². The molecule has 0 radical (unpaired) electrons. The lowest BCUT2D eigenvalue weighted by atomic mass is 10.2. The van der Waals surface area contributed by atoms with E-state index in [4.69, 9.17) is 4.42 Å². The molecule has 0 aliphatic rings. The first kappa shape index (κ1) is 14.7. The van der Waals surface area contributed by atoms with Crippen LogP contribution < -0.4 is 5.32 Å². The first-order valence-corrected chi connectivity index (χ1v) is 7.93. The summed E-state index contributed by atoms with van der Waals surface area (Å²) in [6.45, 7) is -0.250. The molecule has 3 rings (SSSR count). The Morgan fingerprint density at radius 3 is 3.00 bits per heavy atom. The number of rotatable bonds is 5. The van der Waals surface area contributed by atoms with Crippen molar-refractivity contribution in [3.05, 3.63) is 54.2 Å². The van der Waals surface area contributed by atoms with Gasteiger partial charge in [-0.2, -0.15) is 0 Å². The Morgan fingerprint density at radius 1 is 1.45 bits per heavy atom. The highest BCUT2D eigenvalue weighted by molar-refractivity contribution is 7.98. The van der Waals surface area contributed by atoms with E-state index in [1.807, 2.05) is 35.1 Å². The number of hydrogen-bond donors (Lipinski definition) is 2. The molecule has 0 aromatic carbocycles. The maximum Gasteiger partial charge on any atom is 0.272 e. The molecule has 0 aliphatic heterocycles. The van der Waals surface area contributed by atoms with E-state index in [1.54, 1.807) is 12.1 Å². The van der Waals surface area contributed by atoms with Crippen LogP contribution in [0.15, 0.2) is 52.4 Å². The Morgan fingerprint density at radius 2 is 2.32 bits per heavy atom. The minimum atomic E-state index is -0.597. The first-order valence-electron chi connectivity index (χ1n) is 6.70. The van der Waals surface area contributed by atoms with E-state index in [2.05, 4.69) is 10.3 Å². The molecule has 0 saturated heterocycles. The van der Waals surface area contributed by atoms with Crippen LogP contribution in [0.3, 0.4) is 0 Å². The summed E-state index contributed by atoms with van der Waals surface area (Å²) in [7, 11) is 0. The largest absolute Gasteiger partial charge is 0.467 e. The standard InChI is InChI=1S/C15H15N3O3S/c1-22-15-17-13(11-5-2-3-7-18(11)15)14(20)16-10(9-19)12-6-4-8-21-12/h2-8,10,19H,9H2,1H3,(H,16,20). The average molecular weight is 317 g/mol. The van der Waals surface area contributed by atoms with Crippen LogP contribution in [-0.4, -0.2) is 33.3 Å². The smallest absolute Gasteiger partial charge is 0.272 e. The third kappa shape index (κ3) is 2.60. The van der Waals surface area contributed by atoms with Crippen molar-refractivity contribution in [2.24, 2.45) is 0 Å². The van der Waals surface area contributed by atoms with Crippen LogP contribution in [0.1, 0.15) is 22.3 Å². The average Bonchev–Trinajstić information content (AvgIpc) is 3.20. The Hall–Kier alpha value is -2.25. The van der Waals surface area contributed by atoms with Crippen LogP contribution in [0.2, 0.25) is 0 Å². The van der Waals surface area contributed by atoms with Crippen molar-refractivity contribution < 1.29 is 14.3 Å². The highest BCUT2D eigenvalue weighted by Crippen LogP contribution is 2.21. The number of carbonyl (C=O) groups is 1. The van der Waals surface area contributed by atoms with Crippen molar-refractivity contribution in [1.29, 1.82) is 0 Å². The van der Waals surface area contributed by atoms with Crippen molar-refractivity contribution in [2.75, 3.05) is 12.9 Å². The van der Waals surface area contributed by atoms with Crippen molar-refractivity contribution in [3.63, 3.8) is 0 Å². The summed E-state index contributed by atoms with van der Waals surface area (Å²) in [5.74, 6) is 0.156. The second kappa shape index (κ2) is 6.25. The van der Waals surface area contributed by atoms with Gasteiger partial charge < -0.3 is 14.8 Å². The molecule has 0 aliphatic carbocycles. The number of nitrogens with one attached hydrogen (secondary N) is 1. The molecular formula is C15H15N3O3S. The molecule has 0 spiro atoms. The predicted octanol–water partition coefficient (Wildman–Crippen LogP) is 2.11. The Kier molecular flexibility index (Phi) is 4.17. The number of thioether (sulfide) groups is 1. The van der Waals surface area contributed by atoms with Gasteiger partial charge in [0.25, 0.3) is 5.91 Å². The second-order valence-corrected chi connectivity index (χ2v) is 5.40. The van der Waals surface area contributed by atoms with Crippen molar-refractivity contribution in [2.45, 2.75) is 11.2 Å². The summed E-state index contributed by atoms with van der Waals surface area (Å²) in [6, 6.07) is 8.40. The zero-order chi connectivity index (χ0) is 15.5. The predicted molar refractivity (Wildman–Crippen MR) is 83.0 cm³/mol. The third-order valence-corrected chi connectivity index (χ3v) is 3.94. The van der Waals surface area contributed by atoms with Crippen LogP contribution in [0.4, 0.5) is 0 Å². The minimum absolute atomic E-state index is 0.250. The molecule has 6 nitrogen and oxygen atoms in total. The molecule has 114 valence electrons. The fraction of sp³-hybridized carbons (Fsp3) is 0.200. The second-order valence-electron chi connectivity index (χ2n) is 4.63. The zero-order valence-corrected chi connectivity index (χ0v) is 12.7.